The van der Waals surface area contributed by atoms with Gasteiger partial charge in [0, 0.05) is 18.8 Å². The normalized spacial score (nSPS) is 12.5. The molecule has 0 unspecified atom stereocenters. The maximum absolute atomic E-state index is 12.6. The molecule has 7 nitrogen and oxygen atoms in total. The van der Waals surface area contributed by atoms with E-state index in [0.29, 0.717) is 18.8 Å². The molecule has 0 aliphatic heterocycles. The first kappa shape index (κ1) is 22.8. The van der Waals surface area contributed by atoms with Gasteiger partial charge >= 0.3 is 5.51 Å². The van der Waals surface area contributed by atoms with Crippen LogP contribution in [0.25, 0.3) is 0 Å². The molecule has 0 radical (unpaired) electrons. The number of nitrogens with zero attached hydrogens (tertiary/aromatic N) is 3. The predicted octanol–water partition coefficient (Wildman–Crippen LogP) is 3.49. The molecule has 0 amide bonds. The number of hydrogen-bond acceptors (Lipinski definition) is 7. The Labute approximate surface area is 166 Å². The number of rotatable bonds is 8. The van der Waals surface area contributed by atoms with Crippen molar-refractivity contribution >= 4 is 26.9 Å². The van der Waals surface area contributed by atoms with Gasteiger partial charge in [-0.3, -0.25) is 0 Å². The molecule has 0 fully saturated rings. The van der Waals surface area contributed by atoms with Crippen molar-refractivity contribution in [2.75, 3.05) is 31.2 Å². The molecule has 0 spiro atoms. The Kier molecular flexibility index (Phi) is 7.33. The number of azo groups is 1. The number of halogens is 3. The first-order valence-electron chi connectivity index (χ1n) is 8.50. The monoisotopic (exact) mass is 431 g/mol. The van der Waals surface area contributed by atoms with E-state index >= 15 is 0 Å². The molecule has 0 aliphatic carbocycles. The second-order valence-corrected chi connectivity index (χ2v) is 7.99. The first-order valence-corrected chi connectivity index (χ1v) is 9.99. The number of aliphatic hydroxyl groups excluding tert-OH is 2. The Balaban J connectivity index is 2.20. The molecule has 0 heterocycles. The van der Waals surface area contributed by atoms with Gasteiger partial charge in [-0.05, 0) is 55.0 Å². The minimum atomic E-state index is -5.40. The van der Waals surface area contributed by atoms with Gasteiger partial charge < -0.3 is 15.1 Å². The van der Waals surface area contributed by atoms with Crippen LogP contribution < -0.4 is 4.90 Å². The summed E-state index contributed by atoms with van der Waals surface area (Å²) in [5.41, 5.74) is -3.13. The molecule has 0 saturated heterocycles. The summed E-state index contributed by atoms with van der Waals surface area (Å²) in [7, 11) is -5.40. The third kappa shape index (κ3) is 5.52. The second kappa shape index (κ2) is 9.33. The van der Waals surface area contributed by atoms with E-state index < -0.39 is 20.2 Å². The highest BCUT2D eigenvalue weighted by Gasteiger charge is 2.46. The Hall–Kier alpha value is -2.50. The smallest absolute Gasteiger partial charge is 0.395 e. The summed E-state index contributed by atoms with van der Waals surface area (Å²) in [6.45, 7) is 2.36. The van der Waals surface area contributed by atoms with Crippen molar-refractivity contribution in [3.8, 4) is 0 Å². The first-order chi connectivity index (χ1) is 13.6. The van der Waals surface area contributed by atoms with Crippen molar-refractivity contribution in [1.29, 1.82) is 0 Å². The maximum Gasteiger partial charge on any atom is 0.501 e. The van der Waals surface area contributed by atoms with Crippen LogP contribution in [-0.2, 0) is 9.84 Å². The fourth-order valence-electron chi connectivity index (χ4n) is 2.50. The summed E-state index contributed by atoms with van der Waals surface area (Å²) < 4.78 is 60.4. The van der Waals surface area contributed by atoms with E-state index in [1.165, 1.54) is 0 Å². The zero-order valence-corrected chi connectivity index (χ0v) is 16.3. The molecule has 0 aliphatic rings. The fourth-order valence-corrected chi connectivity index (χ4v) is 3.26. The van der Waals surface area contributed by atoms with Crippen LogP contribution in [0.4, 0.5) is 30.2 Å². The number of anilines is 1. The molecule has 0 aromatic heterocycles. The molecular formula is C18H20F3N3O4S. The average Bonchev–Trinajstić information content (AvgIpc) is 2.66. The lowest BCUT2D eigenvalue weighted by atomic mass is 10.1. The minimum Gasteiger partial charge on any atom is -0.395 e. The second-order valence-electron chi connectivity index (χ2n) is 6.05. The number of benzene rings is 2. The zero-order valence-electron chi connectivity index (χ0n) is 15.5. The van der Waals surface area contributed by atoms with E-state index in [1.54, 1.807) is 30.0 Å². The average molecular weight is 431 g/mol. The van der Waals surface area contributed by atoms with Crippen molar-refractivity contribution in [3.63, 3.8) is 0 Å². The SMILES string of the molecule is Cc1cc(N(CCO)CCO)ccc1N=Nc1ccc(S(=O)(=O)C(F)(F)F)cc1. The van der Waals surface area contributed by atoms with Gasteiger partial charge in [-0.25, -0.2) is 8.42 Å². The van der Waals surface area contributed by atoms with Crippen LogP contribution in [0.1, 0.15) is 5.56 Å². The lowest BCUT2D eigenvalue weighted by Crippen LogP contribution is -2.29. The van der Waals surface area contributed by atoms with Crippen molar-refractivity contribution in [2.24, 2.45) is 10.2 Å². The number of aliphatic hydroxyl groups is 2. The maximum atomic E-state index is 12.6. The predicted molar refractivity (Wildman–Crippen MR) is 101 cm³/mol. The summed E-state index contributed by atoms with van der Waals surface area (Å²) in [6.07, 6.45) is 0. The van der Waals surface area contributed by atoms with Crippen molar-refractivity contribution in [3.05, 3.63) is 48.0 Å². The molecule has 2 rings (SSSR count). The number of aryl methyl sites for hydroxylation is 1. The third-order valence-electron chi connectivity index (χ3n) is 4.01. The van der Waals surface area contributed by atoms with Crippen LogP contribution in [0.5, 0.6) is 0 Å². The molecule has 0 atom stereocenters. The molecule has 0 bridgehead atoms. The Bertz CT molecular complexity index is 955. The highest BCUT2D eigenvalue weighted by atomic mass is 32.2. The van der Waals surface area contributed by atoms with E-state index in [4.69, 9.17) is 10.2 Å². The highest BCUT2D eigenvalue weighted by molar-refractivity contribution is 7.92. The molecule has 2 aromatic carbocycles. The number of sulfone groups is 1. The van der Waals surface area contributed by atoms with Crippen molar-refractivity contribution in [2.45, 2.75) is 17.3 Å². The van der Waals surface area contributed by atoms with Crippen molar-refractivity contribution in [1.82, 2.24) is 0 Å². The molecule has 158 valence electrons. The Morgan fingerprint density at radius 1 is 0.966 bits per heavy atom. The van der Waals surface area contributed by atoms with E-state index in [-0.39, 0.29) is 18.9 Å². The fraction of sp³-hybridized carbons (Fsp3) is 0.333. The highest BCUT2D eigenvalue weighted by Crippen LogP contribution is 2.31. The number of alkyl halides is 3. The van der Waals surface area contributed by atoms with Crippen LogP contribution in [0.15, 0.2) is 57.6 Å². The van der Waals surface area contributed by atoms with E-state index in [1.807, 2.05) is 0 Å². The van der Waals surface area contributed by atoms with Gasteiger partial charge in [-0.2, -0.15) is 23.4 Å². The molecule has 29 heavy (non-hydrogen) atoms. The topological polar surface area (TPSA) is 103 Å². The largest absolute Gasteiger partial charge is 0.501 e. The van der Waals surface area contributed by atoms with Crippen LogP contribution in [0, 0.1) is 6.92 Å². The van der Waals surface area contributed by atoms with Crippen LogP contribution >= 0.6 is 0 Å². The van der Waals surface area contributed by atoms with Gasteiger partial charge in [0.15, 0.2) is 0 Å². The zero-order chi connectivity index (χ0) is 21.7. The van der Waals surface area contributed by atoms with Crippen LogP contribution in [0.2, 0.25) is 0 Å². The standard InChI is InChI=1S/C18H20F3N3O4S/c1-13-12-15(24(8-10-25)9-11-26)4-7-17(13)23-22-14-2-5-16(6-3-14)29(27,28)18(19,20)21/h2-7,12,25-26H,8-11H2,1H3. The Morgan fingerprint density at radius 2 is 1.55 bits per heavy atom. The summed E-state index contributed by atoms with van der Waals surface area (Å²) in [4.78, 5) is 0.936. The van der Waals surface area contributed by atoms with Crippen molar-refractivity contribution < 1.29 is 31.8 Å². The van der Waals surface area contributed by atoms with E-state index in [0.717, 1.165) is 35.5 Å². The summed E-state index contributed by atoms with van der Waals surface area (Å²) >= 11 is 0. The lowest BCUT2D eigenvalue weighted by Gasteiger charge is -2.23. The molecule has 11 heteroatoms. The molecule has 2 aromatic rings. The minimum absolute atomic E-state index is 0.0689. The summed E-state index contributed by atoms with van der Waals surface area (Å²) in [6, 6.07) is 9.15. The van der Waals surface area contributed by atoms with Gasteiger partial charge in [0.25, 0.3) is 9.84 Å². The van der Waals surface area contributed by atoms with Gasteiger partial charge in [-0.1, -0.05) is 0 Å². The van der Waals surface area contributed by atoms with Gasteiger partial charge in [0.2, 0.25) is 0 Å². The summed E-state index contributed by atoms with van der Waals surface area (Å²) in [5, 5.41) is 26.2. The van der Waals surface area contributed by atoms with E-state index in [2.05, 4.69) is 10.2 Å². The molecule has 2 N–H and O–H groups in total. The Morgan fingerprint density at radius 3 is 2.03 bits per heavy atom. The molecule has 0 saturated carbocycles. The quantitative estimate of drug-likeness (QED) is 0.623. The van der Waals surface area contributed by atoms with Gasteiger partial charge in [0.1, 0.15) is 0 Å². The molecular weight excluding hydrogens is 411 g/mol. The summed E-state index contributed by atoms with van der Waals surface area (Å²) in [5.74, 6) is 0. The van der Waals surface area contributed by atoms with Gasteiger partial charge in [-0.15, -0.1) is 0 Å². The van der Waals surface area contributed by atoms with Gasteiger partial charge in [0.05, 0.1) is 29.5 Å². The van der Waals surface area contributed by atoms with Crippen LogP contribution in [-0.4, -0.2) is 50.4 Å². The lowest BCUT2D eigenvalue weighted by molar-refractivity contribution is -0.0436. The number of hydrogen-bond donors (Lipinski definition) is 2. The van der Waals surface area contributed by atoms with E-state index in [9.17, 15) is 21.6 Å². The third-order valence-corrected chi connectivity index (χ3v) is 5.51. The van der Waals surface area contributed by atoms with Crippen LogP contribution in [0.3, 0.4) is 0 Å².